The van der Waals surface area contributed by atoms with Crippen LogP contribution in [0, 0.1) is 0 Å². The van der Waals surface area contributed by atoms with Crippen molar-refractivity contribution in [2.24, 2.45) is 0 Å². The lowest BCUT2D eigenvalue weighted by atomic mass is 10.1. The molecule has 2 aromatic carbocycles. The van der Waals surface area contributed by atoms with Gasteiger partial charge in [-0.3, -0.25) is 0 Å². The topological polar surface area (TPSA) is 0 Å². The first-order valence-corrected chi connectivity index (χ1v) is 9.17. The third-order valence-corrected chi connectivity index (χ3v) is 6.74. The first-order chi connectivity index (χ1) is 10.1. The number of hydrogen-bond acceptors (Lipinski definition) is 2. The van der Waals surface area contributed by atoms with Gasteiger partial charge in [-0.25, -0.2) is 0 Å². The van der Waals surface area contributed by atoms with E-state index in [9.17, 15) is 0 Å². The zero-order chi connectivity index (χ0) is 14.6. The van der Waals surface area contributed by atoms with Crippen LogP contribution in [0.2, 0.25) is 0 Å². The van der Waals surface area contributed by atoms with Gasteiger partial charge in [-0.05, 0) is 70.3 Å². The highest BCUT2D eigenvalue weighted by Crippen LogP contribution is 2.36. The van der Waals surface area contributed by atoms with Crippen LogP contribution >= 0.6 is 22.7 Å². The minimum Gasteiger partial charge on any atom is -0.140 e. The first kappa shape index (κ1) is 13.3. The minimum atomic E-state index is 0.612. The molecule has 0 radical (unpaired) electrons. The Morgan fingerprint density at radius 3 is 2.00 bits per heavy atom. The second-order valence-corrected chi connectivity index (χ2v) is 8.28. The van der Waals surface area contributed by atoms with E-state index in [4.69, 9.17) is 0 Å². The molecular weight excluding hydrogens is 292 g/mol. The van der Waals surface area contributed by atoms with E-state index < -0.39 is 0 Å². The molecular formula is C19H18S2. The van der Waals surface area contributed by atoms with Gasteiger partial charge in [-0.1, -0.05) is 20.8 Å². The van der Waals surface area contributed by atoms with Crippen molar-refractivity contribution < 1.29 is 0 Å². The molecule has 0 spiro atoms. The molecule has 4 aromatic rings. The van der Waals surface area contributed by atoms with Gasteiger partial charge in [0.2, 0.25) is 0 Å². The van der Waals surface area contributed by atoms with Crippen LogP contribution in [0.15, 0.2) is 36.4 Å². The lowest BCUT2D eigenvalue weighted by Gasteiger charge is -1.99. The van der Waals surface area contributed by atoms with Gasteiger partial charge < -0.3 is 0 Å². The van der Waals surface area contributed by atoms with Crippen molar-refractivity contribution in [1.29, 1.82) is 0 Å². The smallest absolute Gasteiger partial charge is 0.0352 e. The van der Waals surface area contributed by atoms with Crippen LogP contribution in [0.3, 0.4) is 0 Å². The molecule has 2 heteroatoms. The van der Waals surface area contributed by atoms with Crippen LogP contribution in [0.5, 0.6) is 0 Å². The molecule has 106 valence electrons. The highest BCUT2D eigenvalue weighted by molar-refractivity contribution is 7.19. The molecule has 0 N–H and O–H groups in total. The lowest BCUT2D eigenvalue weighted by Crippen LogP contribution is -1.77. The summed E-state index contributed by atoms with van der Waals surface area (Å²) >= 11 is 3.87. The number of thiophene rings is 2. The maximum Gasteiger partial charge on any atom is 0.0352 e. The van der Waals surface area contributed by atoms with Crippen molar-refractivity contribution in [3.05, 3.63) is 46.2 Å². The van der Waals surface area contributed by atoms with Crippen molar-refractivity contribution in [1.82, 2.24) is 0 Å². The molecule has 0 fully saturated rings. The summed E-state index contributed by atoms with van der Waals surface area (Å²) in [7, 11) is 0. The third-order valence-electron chi connectivity index (χ3n) is 4.10. The Hall–Kier alpha value is -1.38. The van der Waals surface area contributed by atoms with E-state index in [1.165, 1.54) is 40.7 Å². The Labute approximate surface area is 133 Å². The summed E-state index contributed by atoms with van der Waals surface area (Å²) in [6, 6.07) is 14.1. The maximum absolute atomic E-state index is 2.37. The van der Waals surface area contributed by atoms with Gasteiger partial charge in [0.05, 0.1) is 0 Å². The van der Waals surface area contributed by atoms with Gasteiger partial charge in [-0.15, -0.1) is 22.7 Å². The number of benzene rings is 2. The molecule has 0 bridgehead atoms. The molecule has 0 aliphatic rings. The molecule has 2 heterocycles. The van der Waals surface area contributed by atoms with Crippen molar-refractivity contribution in [3.8, 4) is 0 Å². The fourth-order valence-corrected chi connectivity index (χ4v) is 4.99. The Balaban J connectivity index is 2.00. The molecule has 0 unspecified atom stereocenters. The van der Waals surface area contributed by atoms with E-state index in [1.54, 1.807) is 0 Å². The standard InChI is InChI=1S/C19H18S2/c1-4-16-7-14-5-12-9-19-15(10-17(21-19)11(2)3)6-13(12)8-18(14)20-16/h5-11H,4H2,1-3H3. The zero-order valence-electron chi connectivity index (χ0n) is 12.6. The Bertz CT molecular complexity index is 883. The van der Waals surface area contributed by atoms with E-state index in [2.05, 4.69) is 57.2 Å². The molecule has 0 atom stereocenters. The Morgan fingerprint density at radius 2 is 1.38 bits per heavy atom. The molecule has 2 aromatic heterocycles. The summed E-state index contributed by atoms with van der Waals surface area (Å²) in [6.07, 6.45) is 1.13. The van der Waals surface area contributed by atoms with E-state index in [1.807, 2.05) is 22.7 Å². The molecule has 21 heavy (non-hydrogen) atoms. The molecule has 4 rings (SSSR count). The third kappa shape index (κ3) is 2.18. The van der Waals surface area contributed by atoms with E-state index in [0.29, 0.717) is 5.92 Å². The van der Waals surface area contributed by atoms with Crippen LogP contribution in [-0.2, 0) is 6.42 Å². The summed E-state index contributed by atoms with van der Waals surface area (Å²) in [5.41, 5.74) is 0. The van der Waals surface area contributed by atoms with Gasteiger partial charge in [0.1, 0.15) is 0 Å². The van der Waals surface area contributed by atoms with Crippen molar-refractivity contribution in [3.63, 3.8) is 0 Å². The highest BCUT2D eigenvalue weighted by Gasteiger charge is 2.08. The SMILES string of the molecule is CCc1cc2cc3cc4sc(C(C)C)cc4cc3cc2s1. The highest BCUT2D eigenvalue weighted by atomic mass is 32.1. The van der Waals surface area contributed by atoms with E-state index in [-0.39, 0.29) is 0 Å². The van der Waals surface area contributed by atoms with Crippen LogP contribution in [0.25, 0.3) is 30.9 Å². The average molecular weight is 310 g/mol. The van der Waals surface area contributed by atoms with Gasteiger partial charge >= 0.3 is 0 Å². The minimum absolute atomic E-state index is 0.612. The summed E-state index contributed by atoms with van der Waals surface area (Å²) in [5.74, 6) is 0.612. The van der Waals surface area contributed by atoms with Crippen LogP contribution in [-0.4, -0.2) is 0 Å². The number of fused-ring (bicyclic) bond motifs is 3. The summed E-state index contributed by atoms with van der Waals surface area (Å²) in [6.45, 7) is 6.77. The van der Waals surface area contributed by atoms with Gasteiger partial charge in [0.25, 0.3) is 0 Å². The van der Waals surface area contributed by atoms with Crippen LogP contribution < -0.4 is 0 Å². The summed E-state index contributed by atoms with van der Waals surface area (Å²) in [4.78, 5) is 2.96. The second kappa shape index (κ2) is 4.82. The maximum atomic E-state index is 2.37. The first-order valence-electron chi connectivity index (χ1n) is 7.53. The van der Waals surface area contributed by atoms with Crippen molar-refractivity contribution >= 4 is 53.6 Å². The quantitative estimate of drug-likeness (QED) is 0.375. The fourth-order valence-electron chi connectivity index (χ4n) is 2.86. The van der Waals surface area contributed by atoms with Crippen LogP contribution in [0.1, 0.15) is 36.4 Å². The van der Waals surface area contributed by atoms with Gasteiger partial charge in [0.15, 0.2) is 0 Å². The lowest BCUT2D eigenvalue weighted by molar-refractivity contribution is 0.890. The summed E-state index contributed by atoms with van der Waals surface area (Å²) < 4.78 is 2.83. The fraction of sp³-hybridized carbons (Fsp3) is 0.263. The monoisotopic (exact) mass is 310 g/mol. The predicted molar refractivity (Wildman–Crippen MR) is 98.2 cm³/mol. The van der Waals surface area contributed by atoms with Gasteiger partial charge in [-0.2, -0.15) is 0 Å². The molecule has 0 saturated carbocycles. The van der Waals surface area contributed by atoms with Crippen molar-refractivity contribution in [2.45, 2.75) is 33.1 Å². The Kier molecular flexibility index (Phi) is 3.05. The normalized spacial score (nSPS) is 12.2. The number of hydrogen-bond donors (Lipinski definition) is 0. The van der Waals surface area contributed by atoms with Crippen molar-refractivity contribution in [2.75, 3.05) is 0 Å². The molecule has 0 aliphatic heterocycles. The Morgan fingerprint density at radius 1 is 0.762 bits per heavy atom. The predicted octanol–water partition coefficient (Wildman–Crippen LogP) is 6.96. The number of aryl methyl sites for hydroxylation is 1. The summed E-state index contributed by atoms with van der Waals surface area (Å²) in [5, 5.41) is 5.52. The molecule has 0 nitrogen and oxygen atoms in total. The van der Waals surface area contributed by atoms with E-state index >= 15 is 0 Å². The number of rotatable bonds is 2. The molecule has 0 amide bonds. The largest absolute Gasteiger partial charge is 0.140 e. The zero-order valence-corrected chi connectivity index (χ0v) is 14.2. The molecule has 0 saturated heterocycles. The molecule has 0 aliphatic carbocycles. The average Bonchev–Trinajstić information content (AvgIpc) is 3.04. The van der Waals surface area contributed by atoms with Gasteiger partial charge in [0, 0.05) is 19.2 Å². The van der Waals surface area contributed by atoms with Crippen LogP contribution in [0.4, 0.5) is 0 Å². The van der Waals surface area contributed by atoms with E-state index in [0.717, 1.165) is 6.42 Å². The second-order valence-electron chi connectivity index (χ2n) is 6.00.